The van der Waals surface area contributed by atoms with E-state index in [1.165, 1.54) is 22.4 Å². The zero-order valence-corrected chi connectivity index (χ0v) is 14.9. The second kappa shape index (κ2) is 7.26. The van der Waals surface area contributed by atoms with Crippen LogP contribution in [0.2, 0.25) is 0 Å². The van der Waals surface area contributed by atoms with Gasteiger partial charge in [0.1, 0.15) is 11.6 Å². The van der Waals surface area contributed by atoms with Crippen molar-refractivity contribution in [2.45, 2.75) is 37.0 Å². The van der Waals surface area contributed by atoms with Gasteiger partial charge in [-0.25, -0.2) is 14.2 Å². The monoisotopic (exact) mass is 362 g/mol. The molecule has 0 amide bonds. The number of H-pyrrole nitrogens is 1. The Bertz CT molecular complexity index is 1020. The molecule has 0 atom stereocenters. The molecule has 8 heteroatoms. The maximum absolute atomic E-state index is 13.8. The van der Waals surface area contributed by atoms with Gasteiger partial charge in [0.15, 0.2) is 11.2 Å². The first-order valence-electron chi connectivity index (χ1n) is 8.08. The number of nitrogens with one attached hydrogen (secondary N) is 1. The number of hydrogen-bond acceptors (Lipinski definition) is 4. The van der Waals surface area contributed by atoms with Crippen molar-refractivity contribution in [2.24, 2.45) is 7.05 Å². The molecular weight excluding hydrogens is 343 g/mol. The number of halogens is 1. The van der Waals surface area contributed by atoms with E-state index in [2.05, 4.69) is 9.97 Å². The number of aromatic nitrogens is 4. The quantitative estimate of drug-likeness (QED) is 0.684. The number of thioether (sulfide) groups is 1. The van der Waals surface area contributed by atoms with Crippen LogP contribution in [0.15, 0.2) is 38.8 Å². The summed E-state index contributed by atoms with van der Waals surface area (Å²) < 4.78 is 16.9. The van der Waals surface area contributed by atoms with Crippen LogP contribution in [0.1, 0.15) is 25.6 Å². The van der Waals surface area contributed by atoms with Gasteiger partial charge in [0.25, 0.3) is 5.56 Å². The smallest absolute Gasteiger partial charge is 0.325 e. The van der Waals surface area contributed by atoms with Crippen molar-refractivity contribution in [3.63, 3.8) is 0 Å². The molecule has 0 aliphatic carbocycles. The highest BCUT2D eigenvalue weighted by atomic mass is 32.2. The molecule has 6 nitrogen and oxygen atoms in total. The first kappa shape index (κ1) is 17.5. The van der Waals surface area contributed by atoms with Gasteiger partial charge < -0.3 is 4.57 Å². The SMILES string of the molecule is CCCCn1c(=O)[nH]c(=O)c2c1nc(CSc1ccccc1F)n2C. The van der Waals surface area contributed by atoms with Gasteiger partial charge in [0, 0.05) is 18.5 Å². The number of nitrogens with zero attached hydrogens (tertiary/aromatic N) is 3. The van der Waals surface area contributed by atoms with Crippen LogP contribution in [-0.4, -0.2) is 19.1 Å². The average molecular weight is 362 g/mol. The Hall–Kier alpha value is -2.35. The zero-order valence-electron chi connectivity index (χ0n) is 14.1. The third kappa shape index (κ3) is 3.39. The maximum Gasteiger partial charge on any atom is 0.330 e. The van der Waals surface area contributed by atoms with E-state index in [0.717, 1.165) is 12.8 Å². The Balaban J connectivity index is 2.01. The highest BCUT2D eigenvalue weighted by Crippen LogP contribution is 2.25. The number of aryl methyl sites for hydroxylation is 2. The molecule has 0 fully saturated rings. The van der Waals surface area contributed by atoms with Crippen LogP contribution in [0.3, 0.4) is 0 Å². The van der Waals surface area contributed by atoms with Crippen molar-refractivity contribution in [3.8, 4) is 0 Å². The Morgan fingerprint density at radius 2 is 2.04 bits per heavy atom. The van der Waals surface area contributed by atoms with E-state index >= 15 is 0 Å². The lowest BCUT2D eigenvalue weighted by atomic mass is 10.3. The van der Waals surface area contributed by atoms with Gasteiger partial charge in [0.05, 0.1) is 5.75 Å². The molecule has 1 aromatic carbocycles. The van der Waals surface area contributed by atoms with Crippen molar-refractivity contribution in [2.75, 3.05) is 0 Å². The van der Waals surface area contributed by atoms with Crippen molar-refractivity contribution < 1.29 is 4.39 Å². The molecule has 0 aliphatic rings. The fourth-order valence-corrected chi connectivity index (χ4v) is 3.57. The summed E-state index contributed by atoms with van der Waals surface area (Å²) in [4.78, 5) is 31.7. The summed E-state index contributed by atoms with van der Waals surface area (Å²) in [5.74, 6) is 0.724. The third-order valence-corrected chi connectivity index (χ3v) is 5.08. The van der Waals surface area contributed by atoms with Crippen LogP contribution < -0.4 is 11.2 Å². The van der Waals surface area contributed by atoms with Crippen LogP contribution in [0, 0.1) is 5.82 Å². The molecule has 0 spiro atoms. The Labute approximate surface area is 147 Å². The highest BCUT2D eigenvalue weighted by Gasteiger charge is 2.16. The normalized spacial score (nSPS) is 11.3. The van der Waals surface area contributed by atoms with Gasteiger partial charge in [-0.3, -0.25) is 14.3 Å². The zero-order chi connectivity index (χ0) is 18.0. The molecule has 3 rings (SSSR count). The lowest BCUT2D eigenvalue weighted by Gasteiger charge is -2.04. The lowest BCUT2D eigenvalue weighted by Crippen LogP contribution is -2.31. The average Bonchev–Trinajstić information content (AvgIpc) is 2.91. The minimum atomic E-state index is -0.454. The molecule has 0 radical (unpaired) electrons. The fourth-order valence-electron chi connectivity index (χ4n) is 2.65. The van der Waals surface area contributed by atoms with E-state index < -0.39 is 11.2 Å². The summed E-state index contributed by atoms with van der Waals surface area (Å²) in [6.07, 6.45) is 1.74. The van der Waals surface area contributed by atoms with Crippen LogP contribution in [0.4, 0.5) is 4.39 Å². The third-order valence-electron chi connectivity index (χ3n) is 4.03. The predicted octanol–water partition coefficient (Wildman–Crippen LogP) is 2.65. The van der Waals surface area contributed by atoms with Crippen molar-refractivity contribution in [1.82, 2.24) is 19.1 Å². The second-order valence-corrected chi connectivity index (χ2v) is 6.76. The molecule has 0 aliphatic heterocycles. The number of hydrogen-bond donors (Lipinski definition) is 1. The summed E-state index contributed by atoms with van der Waals surface area (Å²) >= 11 is 1.31. The van der Waals surface area contributed by atoms with E-state index in [0.29, 0.717) is 34.2 Å². The van der Waals surface area contributed by atoms with Crippen LogP contribution >= 0.6 is 11.8 Å². The minimum absolute atomic E-state index is 0.288. The Morgan fingerprint density at radius 1 is 1.28 bits per heavy atom. The first-order chi connectivity index (χ1) is 12.0. The van der Waals surface area contributed by atoms with Gasteiger partial charge in [-0.1, -0.05) is 25.5 Å². The molecule has 0 bridgehead atoms. The molecule has 0 unspecified atom stereocenters. The van der Waals surface area contributed by atoms with Gasteiger partial charge in [-0.05, 0) is 18.6 Å². The van der Waals surface area contributed by atoms with Crippen LogP contribution in [-0.2, 0) is 19.3 Å². The van der Waals surface area contributed by atoms with Crippen molar-refractivity contribution in [1.29, 1.82) is 0 Å². The molecule has 0 saturated carbocycles. The maximum atomic E-state index is 13.8. The molecule has 2 heterocycles. The summed E-state index contributed by atoms with van der Waals surface area (Å²) in [5.41, 5.74) is -0.157. The van der Waals surface area contributed by atoms with Crippen molar-refractivity contribution in [3.05, 3.63) is 56.7 Å². The Morgan fingerprint density at radius 3 is 2.76 bits per heavy atom. The highest BCUT2D eigenvalue weighted by molar-refractivity contribution is 7.98. The van der Waals surface area contributed by atoms with E-state index in [-0.39, 0.29) is 5.82 Å². The molecular formula is C17H19FN4O2S. The topological polar surface area (TPSA) is 72.7 Å². The largest absolute Gasteiger partial charge is 0.330 e. The summed E-state index contributed by atoms with van der Waals surface area (Å²) in [5, 5.41) is 0. The molecule has 132 valence electrons. The van der Waals surface area contributed by atoms with Gasteiger partial charge in [0.2, 0.25) is 0 Å². The summed E-state index contributed by atoms with van der Waals surface area (Å²) in [7, 11) is 1.73. The van der Waals surface area contributed by atoms with Crippen LogP contribution in [0.5, 0.6) is 0 Å². The number of rotatable bonds is 6. The number of unbranched alkanes of at least 4 members (excludes halogenated alkanes) is 1. The number of benzene rings is 1. The van der Waals surface area contributed by atoms with E-state index in [1.54, 1.807) is 29.8 Å². The standard InChI is InChI=1S/C17H19FN4O2S/c1-3-4-9-22-15-14(16(23)20-17(22)24)21(2)13(19-15)10-25-12-8-6-5-7-11(12)18/h5-8H,3-4,9-10H2,1-2H3,(H,20,23,24). The lowest BCUT2D eigenvalue weighted by molar-refractivity contribution is 0.602. The second-order valence-electron chi connectivity index (χ2n) is 5.74. The molecule has 2 aromatic heterocycles. The predicted molar refractivity (Wildman–Crippen MR) is 96.5 cm³/mol. The summed E-state index contributed by atoms with van der Waals surface area (Å²) in [6, 6.07) is 6.52. The van der Waals surface area contributed by atoms with Gasteiger partial charge in [-0.2, -0.15) is 0 Å². The molecule has 3 aromatic rings. The van der Waals surface area contributed by atoms with Gasteiger partial charge >= 0.3 is 5.69 Å². The molecule has 0 saturated heterocycles. The van der Waals surface area contributed by atoms with Gasteiger partial charge in [-0.15, -0.1) is 11.8 Å². The Kier molecular flexibility index (Phi) is 5.08. The van der Waals surface area contributed by atoms with E-state index in [4.69, 9.17) is 0 Å². The van der Waals surface area contributed by atoms with Crippen LogP contribution in [0.25, 0.3) is 11.2 Å². The molecule has 1 N–H and O–H groups in total. The van der Waals surface area contributed by atoms with Crippen molar-refractivity contribution >= 4 is 22.9 Å². The number of fused-ring (bicyclic) bond motifs is 1. The molecule has 25 heavy (non-hydrogen) atoms. The number of imidazole rings is 1. The fraction of sp³-hybridized carbons (Fsp3) is 0.353. The number of aromatic amines is 1. The minimum Gasteiger partial charge on any atom is -0.325 e. The van der Waals surface area contributed by atoms with E-state index in [9.17, 15) is 14.0 Å². The first-order valence-corrected chi connectivity index (χ1v) is 9.07. The van der Waals surface area contributed by atoms with E-state index in [1.807, 2.05) is 6.92 Å². The summed E-state index contributed by atoms with van der Waals surface area (Å²) in [6.45, 7) is 2.53.